The first-order valence-corrected chi connectivity index (χ1v) is 5.24. The molecular weight excluding hydrogens is 267 g/mol. The van der Waals surface area contributed by atoms with Crippen LogP contribution in [0, 0.1) is 0 Å². The van der Waals surface area contributed by atoms with Crippen molar-refractivity contribution in [2.45, 2.75) is 0 Å². The second-order valence-electron chi connectivity index (χ2n) is 3.06. The second kappa shape index (κ2) is 6.17. The van der Waals surface area contributed by atoms with E-state index in [4.69, 9.17) is 34.1 Å². The number of urea groups is 1. The zero-order valence-corrected chi connectivity index (χ0v) is 10.1. The Balaban J connectivity index is 2.56. The monoisotopic (exact) mass is 276 g/mol. The maximum atomic E-state index is 11.4. The number of anilines is 1. The molecular formula is C9H10Cl2N4O2. The number of halogens is 2. The second-order valence-corrected chi connectivity index (χ2v) is 3.93. The van der Waals surface area contributed by atoms with Gasteiger partial charge in [0.15, 0.2) is 5.84 Å². The summed E-state index contributed by atoms with van der Waals surface area (Å²) < 4.78 is 0. The number of rotatable bonds is 3. The van der Waals surface area contributed by atoms with E-state index in [-0.39, 0.29) is 12.4 Å². The van der Waals surface area contributed by atoms with Gasteiger partial charge in [-0.3, -0.25) is 0 Å². The van der Waals surface area contributed by atoms with Crippen molar-refractivity contribution in [3.8, 4) is 0 Å². The van der Waals surface area contributed by atoms with Crippen LogP contribution in [-0.2, 0) is 0 Å². The summed E-state index contributed by atoms with van der Waals surface area (Å²) in [6, 6.07) is 4.10. The van der Waals surface area contributed by atoms with E-state index in [1.807, 2.05) is 0 Å². The third kappa shape index (κ3) is 4.80. The number of oxime groups is 1. The lowest BCUT2D eigenvalue weighted by molar-refractivity contribution is 0.253. The van der Waals surface area contributed by atoms with Gasteiger partial charge in [0.1, 0.15) is 0 Å². The first-order chi connectivity index (χ1) is 8.01. The Labute approximate surface area is 107 Å². The third-order valence-electron chi connectivity index (χ3n) is 1.68. The normalized spacial score (nSPS) is 11.1. The predicted octanol–water partition coefficient (Wildman–Crippen LogP) is 1.86. The molecule has 0 aliphatic rings. The summed E-state index contributed by atoms with van der Waals surface area (Å²) in [6.45, 7) is -0.0728. The zero-order chi connectivity index (χ0) is 12.8. The number of carbonyl (C=O) groups excluding carboxylic acids is 1. The largest absolute Gasteiger partial charge is 0.409 e. The van der Waals surface area contributed by atoms with Gasteiger partial charge in [-0.2, -0.15) is 0 Å². The lowest BCUT2D eigenvalue weighted by atomic mass is 10.3. The molecule has 92 valence electrons. The number of benzene rings is 1. The van der Waals surface area contributed by atoms with Gasteiger partial charge in [-0.15, -0.1) is 0 Å². The molecule has 0 radical (unpaired) electrons. The number of hydrogen-bond acceptors (Lipinski definition) is 3. The maximum absolute atomic E-state index is 11.4. The molecule has 5 N–H and O–H groups in total. The van der Waals surface area contributed by atoms with Crippen LogP contribution < -0.4 is 16.4 Å². The summed E-state index contributed by atoms with van der Waals surface area (Å²) in [5.41, 5.74) is 5.62. The van der Waals surface area contributed by atoms with E-state index in [9.17, 15) is 4.79 Å². The molecule has 1 aromatic carbocycles. The number of nitrogens with zero attached hydrogens (tertiary/aromatic N) is 1. The van der Waals surface area contributed by atoms with Crippen molar-refractivity contribution in [1.29, 1.82) is 0 Å². The zero-order valence-electron chi connectivity index (χ0n) is 8.58. The molecule has 0 unspecified atom stereocenters. The van der Waals surface area contributed by atoms with Crippen molar-refractivity contribution in [1.82, 2.24) is 5.32 Å². The quantitative estimate of drug-likeness (QED) is 0.293. The Hall–Kier alpha value is -1.66. The molecule has 0 heterocycles. The molecule has 8 heteroatoms. The Morgan fingerprint density at radius 3 is 2.47 bits per heavy atom. The molecule has 0 saturated carbocycles. The molecule has 0 spiro atoms. The van der Waals surface area contributed by atoms with Crippen LogP contribution in [-0.4, -0.2) is 23.6 Å². The van der Waals surface area contributed by atoms with Crippen molar-refractivity contribution in [2.24, 2.45) is 10.9 Å². The van der Waals surface area contributed by atoms with Gasteiger partial charge < -0.3 is 21.6 Å². The lowest BCUT2D eigenvalue weighted by Crippen LogP contribution is -2.36. The van der Waals surface area contributed by atoms with E-state index < -0.39 is 6.03 Å². The molecule has 0 bridgehead atoms. The number of amidine groups is 1. The molecule has 0 aliphatic carbocycles. The van der Waals surface area contributed by atoms with E-state index >= 15 is 0 Å². The van der Waals surface area contributed by atoms with Crippen LogP contribution in [0.5, 0.6) is 0 Å². The van der Waals surface area contributed by atoms with Crippen molar-refractivity contribution < 1.29 is 10.0 Å². The van der Waals surface area contributed by atoms with Crippen LogP contribution in [0.4, 0.5) is 10.5 Å². The standard InChI is InChI=1S/C9H10Cl2N4O2/c10-5-1-6(11)3-7(2-5)14-9(16)13-4-8(12)15-17/h1-3,17H,4H2,(H2,12,15)(H2,13,14,16). The highest BCUT2D eigenvalue weighted by Crippen LogP contribution is 2.22. The summed E-state index contributed by atoms with van der Waals surface area (Å²) in [5.74, 6) is -0.107. The molecule has 0 atom stereocenters. The average molecular weight is 277 g/mol. The van der Waals surface area contributed by atoms with Crippen LogP contribution in [0.1, 0.15) is 0 Å². The summed E-state index contributed by atoms with van der Waals surface area (Å²) in [4.78, 5) is 11.4. The number of amides is 2. The fraction of sp³-hybridized carbons (Fsp3) is 0.111. The molecule has 17 heavy (non-hydrogen) atoms. The number of nitrogens with two attached hydrogens (primary N) is 1. The van der Waals surface area contributed by atoms with Crippen LogP contribution in [0.15, 0.2) is 23.4 Å². The van der Waals surface area contributed by atoms with Gasteiger partial charge in [0.05, 0.1) is 6.54 Å². The number of nitrogens with one attached hydrogen (secondary N) is 2. The fourth-order valence-corrected chi connectivity index (χ4v) is 1.53. The number of carbonyl (C=O) groups is 1. The minimum atomic E-state index is -0.519. The molecule has 1 aromatic rings. The average Bonchev–Trinajstić information content (AvgIpc) is 2.24. The Morgan fingerprint density at radius 2 is 1.94 bits per heavy atom. The SMILES string of the molecule is N/C(CNC(=O)Nc1cc(Cl)cc(Cl)c1)=N/O. The topological polar surface area (TPSA) is 99.7 Å². The highest BCUT2D eigenvalue weighted by Gasteiger charge is 2.04. The molecule has 0 aliphatic heterocycles. The van der Waals surface area contributed by atoms with Crippen LogP contribution >= 0.6 is 23.2 Å². The molecule has 6 nitrogen and oxygen atoms in total. The summed E-state index contributed by atoms with van der Waals surface area (Å²) in [7, 11) is 0. The third-order valence-corrected chi connectivity index (χ3v) is 2.12. The Kier molecular flexibility index (Phi) is 4.86. The van der Waals surface area contributed by atoms with Crippen molar-refractivity contribution >= 4 is 40.8 Å². The van der Waals surface area contributed by atoms with Crippen LogP contribution in [0.25, 0.3) is 0 Å². The van der Waals surface area contributed by atoms with Crippen molar-refractivity contribution in [3.05, 3.63) is 28.2 Å². The summed E-state index contributed by atoms with van der Waals surface area (Å²) in [6.07, 6.45) is 0. The van der Waals surface area contributed by atoms with Gasteiger partial charge in [0.25, 0.3) is 0 Å². The van der Waals surface area contributed by atoms with Gasteiger partial charge in [0, 0.05) is 15.7 Å². The van der Waals surface area contributed by atoms with Gasteiger partial charge >= 0.3 is 6.03 Å². The first-order valence-electron chi connectivity index (χ1n) is 4.48. The first kappa shape index (κ1) is 13.4. The van der Waals surface area contributed by atoms with Gasteiger partial charge in [0.2, 0.25) is 0 Å². The smallest absolute Gasteiger partial charge is 0.319 e. The van der Waals surface area contributed by atoms with E-state index in [0.717, 1.165) is 0 Å². The summed E-state index contributed by atoms with van der Waals surface area (Å²) in [5, 5.41) is 16.6. The van der Waals surface area contributed by atoms with Crippen LogP contribution in [0.2, 0.25) is 10.0 Å². The van der Waals surface area contributed by atoms with E-state index in [1.165, 1.54) is 12.1 Å². The van der Waals surface area contributed by atoms with Crippen molar-refractivity contribution in [3.63, 3.8) is 0 Å². The van der Waals surface area contributed by atoms with E-state index in [1.54, 1.807) is 6.07 Å². The van der Waals surface area contributed by atoms with E-state index in [2.05, 4.69) is 15.8 Å². The van der Waals surface area contributed by atoms with Gasteiger partial charge in [-0.05, 0) is 18.2 Å². The minimum absolute atomic E-state index is 0.0728. The molecule has 0 fully saturated rings. The van der Waals surface area contributed by atoms with Gasteiger partial charge in [-0.25, -0.2) is 4.79 Å². The van der Waals surface area contributed by atoms with Crippen LogP contribution in [0.3, 0.4) is 0 Å². The number of hydrogen-bond donors (Lipinski definition) is 4. The van der Waals surface area contributed by atoms with Gasteiger partial charge in [-0.1, -0.05) is 28.4 Å². The molecule has 0 saturated heterocycles. The lowest BCUT2D eigenvalue weighted by Gasteiger charge is -2.07. The molecule has 0 aromatic heterocycles. The fourth-order valence-electron chi connectivity index (χ4n) is 1.01. The van der Waals surface area contributed by atoms with Crippen molar-refractivity contribution in [2.75, 3.05) is 11.9 Å². The van der Waals surface area contributed by atoms with E-state index in [0.29, 0.717) is 15.7 Å². The highest BCUT2D eigenvalue weighted by atomic mass is 35.5. The minimum Gasteiger partial charge on any atom is -0.409 e. The Morgan fingerprint density at radius 1 is 1.35 bits per heavy atom. The maximum Gasteiger partial charge on any atom is 0.319 e. The highest BCUT2D eigenvalue weighted by molar-refractivity contribution is 6.35. The molecule has 1 rings (SSSR count). The molecule has 2 amide bonds. The Bertz CT molecular complexity index is 430. The predicted molar refractivity (Wildman–Crippen MR) is 66.9 cm³/mol. The summed E-state index contributed by atoms with van der Waals surface area (Å²) >= 11 is 11.5.